The maximum absolute atomic E-state index is 8.36. The molecule has 1 N–H and O–H groups in total. The average Bonchev–Trinajstić information content (AvgIpc) is 2.35. The topological polar surface area (TPSA) is 54.7 Å². The maximum atomic E-state index is 8.36. The van der Waals surface area contributed by atoms with Crippen LogP contribution < -0.4 is 4.74 Å². The van der Waals surface area contributed by atoms with E-state index < -0.39 is 0 Å². The molecule has 1 aromatic heterocycles. The number of aromatic nitrogens is 1. The third-order valence-corrected chi connectivity index (χ3v) is 2.21. The quantitative estimate of drug-likeness (QED) is 0.499. The van der Waals surface area contributed by atoms with E-state index in [1.807, 2.05) is 31.2 Å². The lowest BCUT2D eigenvalue weighted by molar-refractivity contribution is 0.322. The molecule has 1 aromatic carbocycles. The van der Waals surface area contributed by atoms with Crippen molar-refractivity contribution in [2.75, 3.05) is 0 Å². The molecule has 0 unspecified atom stereocenters. The van der Waals surface area contributed by atoms with Crippen LogP contribution in [0.3, 0.4) is 0 Å². The number of oxime groups is 1. The number of hydrogen-bond donors (Lipinski definition) is 1. The highest BCUT2D eigenvalue weighted by Gasteiger charge is 1.98. The minimum Gasteiger partial charge on any atom is -0.439 e. The smallest absolute Gasteiger partial charge is 0.219 e. The Hall–Kier alpha value is -2.36. The summed E-state index contributed by atoms with van der Waals surface area (Å²) in [6, 6.07) is 11.2. The van der Waals surface area contributed by atoms with Gasteiger partial charge in [-0.05, 0) is 25.1 Å². The van der Waals surface area contributed by atoms with Crippen molar-refractivity contribution in [3.8, 4) is 11.6 Å². The molecule has 0 atom stereocenters. The Morgan fingerprint density at radius 3 is 2.53 bits per heavy atom. The second-order valence-corrected chi connectivity index (χ2v) is 3.59. The van der Waals surface area contributed by atoms with Crippen molar-refractivity contribution in [1.29, 1.82) is 0 Å². The van der Waals surface area contributed by atoms with E-state index in [0.717, 1.165) is 5.75 Å². The van der Waals surface area contributed by atoms with Gasteiger partial charge in [0.05, 0.1) is 6.21 Å². The second-order valence-electron chi connectivity index (χ2n) is 3.59. The van der Waals surface area contributed by atoms with E-state index >= 15 is 0 Å². The van der Waals surface area contributed by atoms with Gasteiger partial charge in [0, 0.05) is 17.8 Å². The van der Waals surface area contributed by atoms with Crippen LogP contribution >= 0.6 is 0 Å². The molecule has 86 valence electrons. The van der Waals surface area contributed by atoms with Crippen LogP contribution in [0.15, 0.2) is 47.8 Å². The monoisotopic (exact) mass is 228 g/mol. The van der Waals surface area contributed by atoms with Gasteiger partial charge in [0.25, 0.3) is 0 Å². The molecule has 4 heteroatoms. The van der Waals surface area contributed by atoms with Gasteiger partial charge in [0.2, 0.25) is 5.88 Å². The van der Waals surface area contributed by atoms with Crippen LogP contribution in [0.4, 0.5) is 0 Å². The predicted molar refractivity (Wildman–Crippen MR) is 64.9 cm³/mol. The highest BCUT2D eigenvalue weighted by atomic mass is 16.5. The summed E-state index contributed by atoms with van der Waals surface area (Å²) in [6.07, 6.45) is 2.88. The van der Waals surface area contributed by atoms with E-state index in [1.165, 1.54) is 11.8 Å². The number of benzene rings is 1. The molecule has 0 spiro atoms. The molecule has 0 saturated carbocycles. The largest absolute Gasteiger partial charge is 0.439 e. The molecule has 4 nitrogen and oxygen atoms in total. The zero-order valence-corrected chi connectivity index (χ0v) is 9.37. The van der Waals surface area contributed by atoms with Crippen LogP contribution in [-0.2, 0) is 0 Å². The minimum absolute atomic E-state index is 0.504. The molecule has 0 aliphatic rings. The third-order valence-electron chi connectivity index (χ3n) is 2.21. The van der Waals surface area contributed by atoms with Gasteiger partial charge in [-0.15, -0.1) is 0 Å². The van der Waals surface area contributed by atoms with E-state index in [2.05, 4.69) is 10.1 Å². The van der Waals surface area contributed by atoms with Crippen molar-refractivity contribution in [3.63, 3.8) is 0 Å². The Morgan fingerprint density at radius 2 is 1.94 bits per heavy atom. The summed E-state index contributed by atoms with van der Waals surface area (Å²) in [6.45, 7) is 2.02. The van der Waals surface area contributed by atoms with Crippen LogP contribution in [0.2, 0.25) is 0 Å². The molecule has 0 aliphatic heterocycles. The molecule has 0 amide bonds. The van der Waals surface area contributed by atoms with Gasteiger partial charge >= 0.3 is 0 Å². The number of aryl methyl sites for hydroxylation is 1. The molecule has 17 heavy (non-hydrogen) atoms. The summed E-state index contributed by atoms with van der Waals surface area (Å²) in [5.74, 6) is 1.25. The Balaban J connectivity index is 2.11. The normalized spacial score (nSPS) is 10.6. The summed E-state index contributed by atoms with van der Waals surface area (Å²) < 4.78 is 5.55. The molecule has 2 rings (SSSR count). The van der Waals surface area contributed by atoms with Crippen molar-refractivity contribution in [2.24, 2.45) is 5.16 Å². The molecule has 0 saturated heterocycles. The number of nitrogens with zero attached hydrogens (tertiary/aromatic N) is 2. The molecule has 1 heterocycles. The molecule has 2 aromatic rings. The van der Waals surface area contributed by atoms with Crippen molar-refractivity contribution >= 4 is 6.21 Å². The molecular formula is C13H12N2O2. The lowest BCUT2D eigenvalue weighted by Gasteiger charge is -2.04. The van der Waals surface area contributed by atoms with Crippen LogP contribution in [0.5, 0.6) is 11.6 Å². The van der Waals surface area contributed by atoms with Gasteiger partial charge in [-0.25, -0.2) is 4.98 Å². The minimum atomic E-state index is 0.504. The van der Waals surface area contributed by atoms with Crippen molar-refractivity contribution in [2.45, 2.75) is 6.92 Å². The Labute approximate surface area is 99.2 Å². The number of hydrogen-bond acceptors (Lipinski definition) is 4. The predicted octanol–water partition coefficient (Wildman–Crippen LogP) is 2.99. The van der Waals surface area contributed by atoms with Gasteiger partial charge in [-0.1, -0.05) is 22.9 Å². The molecular weight excluding hydrogens is 216 g/mol. The fraction of sp³-hybridized carbons (Fsp3) is 0.0769. The van der Waals surface area contributed by atoms with E-state index in [1.54, 1.807) is 18.3 Å². The fourth-order valence-corrected chi connectivity index (χ4v) is 1.32. The maximum Gasteiger partial charge on any atom is 0.219 e. The molecule has 0 bridgehead atoms. The SMILES string of the molecule is Cc1ccc(Oc2ccc(/C=N/O)cn2)cc1. The van der Waals surface area contributed by atoms with Crippen LogP contribution in [0, 0.1) is 6.92 Å². The van der Waals surface area contributed by atoms with E-state index in [0.29, 0.717) is 11.4 Å². The van der Waals surface area contributed by atoms with Crippen molar-refractivity contribution in [1.82, 2.24) is 4.98 Å². The second kappa shape index (κ2) is 5.12. The van der Waals surface area contributed by atoms with Gasteiger partial charge in [0.15, 0.2) is 0 Å². The first-order chi connectivity index (χ1) is 8.28. The number of pyridine rings is 1. The van der Waals surface area contributed by atoms with Gasteiger partial charge in [-0.2, -0.15) is 0 Å². The Bertz CT molecular complexity index is 504. The summed E-state index contributed by atoms with van der Waals surface area (Å²) in [7, 11) is 0. The fourth-order valence-electron chi connectivity index (χ4n) is 1.32. The first-order valence-corrected chi connectivity index (χ1v) is 5.16. The molecule has 0 fully saturated rings. The Kier molecular flexibility index (Phi) is 3.35. The number of rotatable bonds is 3. The average molecular weight is 228 g/mol. The highest BCUT2D eigenvalue weighted by molar-refractivity contribution is 5.78. The van der Waals surface area contributed by atoms with Crippen molar-refractivity contribution in [3.05, 3.63) is 53.7 Å². The van der Waals surface area contributed by atoms with Crippen LogP contribution in [0.1, 0.15) is 11.1 Å². The standard InChI is InChI=1S/C13H12N2O2/c1-10-2-5-12(6-3-10)17-13-7-4-11(8-14-13)9-15-16/h2-9,16H,1H3/b15-9+. The summed E-state index contributed by atoms with van der Waals surface area (Å²) in [5, 5.41) is 11.3. The van der Waals surface area contributed by atoms with E-state index in [-0.39, 0.29) is 0 Å². The zero-order valence-electron chi connectivity index (χ0n) is 9.37. The van der Waals surface area contributed by atoms with Crippen LogP contribution in [-0.4, -0.2) is 16.4 Å². The van der Waals surface area contributed by atoms with Gasteiger partial charge in [-0.3, -0.25) is 0 Å². The van der Waals surface area contributed by atoms with E-state index in [4.69, 9.17) is 9.94 Å². The Morgan fingerprint density at radius 1 is 1.18 bits per heavy atom. The zero-order chi connectivity index (χ0) is 12.1. The molecule has 0 radical (unpaired) electrons. The van der Waals surface area contributed by atoms with Crippen molar-refractivity contribution < 1.29 is 9.94 Å². The highest BCUT2D eigenvalue weighted by Crippen LogP contribution is 2.19. The molecule has 0 aliphatic carbocycles. The lowest BCUT2D eigenvalue weighted by Crippen LogP contribution is -1.89. The summed E-state index contributed by atoms with van der Waals surface area (Å²) >= 11 is 0. The number of ether oxygens (including phenoxy) is 1. The lowest BCUT2D eigenvalue weighted by atomic mass is 10.2. The first kappa shape index (κ1) is 11.1. The van der Waals surface area contributed by atoms with Crippen LogP contribution in [0.25, 0.3) is 0 Å². The van der Waals surface area contributed by atoms with Gasteiger partial charge < -0.3 is 9.94 Å². The first-order valence-electron chi connectivity index (χ1n) is 5.16. The summed E-state index contributed by atoms with van der Waals surface area (Å²) in [4.78, 5) is 4.09. The summed E-state index contributed by atoms with van der Waals surface area (Å²) in [5.41, 5.74) is 1.89. The third kappa shape index (κ3) is 3.04. The van der Waals surface area contributed by atoms with E-state index in [9.17, 15) is 0 Å². The van der Waals surface area contributed by atoms with Gasteiger partial charge in [0.1, 0.15) is 5.75 Å².